The Bertz CT molecular complexity index is 1740. The summed E-state index contributed by atoms with van der Waals surface area (Å²) in [7, 11) is 0. The highest BCUT2D eigenvalue weighted by Crippen LogP contribution is 2.29. The van der Waals surface area contributed by atoms with Crippen LogP contribution in [-0.2, 0) is 4.79 Å². The van der Waals surface area contributed by atoms with Crippen LogP contribution in [0.25, 0.3) is 27.8 Å². The number of amides is 2. The minimum absolute atomic E-state index is 0.0160. The lowest BCUT2D eigenvalue weighted by Gasteiger charge is -2.40. The SMILES string of the molecule is CC1CN(C(=O)CCCSc2nnc(-c3ccc(Cl)cc3)n2-c2ccccc2)CCN1C(=O)c1ccc2ccccc2c1. The van der Waals surface area contributed by atoms with E-state index in [0.717, 1.165) is 38.8 Å². The van der Waals surface area contributed by atoms with Crippen molar-refractivity contribution in [2.24, 2.45) is 0 Å². The second kappa shape index (κ2) is 13.0. The Kier molecular flexibility index (Phi) is 8.77. The molecule has 1 aliphatic rings. The lowest BCUT2D eigenvalue weighted by molar-refractivity contribution is -0.133. The Morgan fingerprint density at radius 3 is 2.40 bits per heavy atom. The summed E-state index contributed by atoms with van der Waals surface area (Å²) in [6.45, 7) is 3.63. The number of para-hydroxylation sites is 1. The summed E-state index contributed by atoms with van der Waals surface area (Å²) in [5, 5.41) is 12.6. The van der Waals surface area contributed by atoms with E-state index in [-0.39, 0.29) is 17.9 Å². The highest BCUT2D eigenvalue weighted by atomic mass is 35.5. The molecule has 2 amide bonds. The fraction of sp³-hybridized carbons (Fsp3) is 0.235. The number of fused-ring (bicyclic) bond motifs is 1. The van der Waals surface area contributed by atoms with Crippen molar-refractivity contribution in [3.05, 3.63) is 108 Å². The number of carbonyl (C=O) groups is 2. The fourth-order valence-corrected chi connectivity index (χ4v) is 6.49. The van der Waals surface area contributed by atoms with Gasteiger partial charge in [-0.3, -0.25) is 14.2 Å². The van der Waals surface area contributed by atoms with Gasteiger partial charge in [0.1, 0.15) is 0 Å². The first-order valence-electron chi connectivity index (χ1n) is 14.4. The molecule has 1 saturated heterocycles. The zero-order chi connectivity index (χ0) is 29.8. The van der Waals surface area contributed by atoms with Gasteiger partial charge in [0.05, 0.1) is 0 Å². The predicted molar refractivity (Wildman–Crippen MR) is 173 cm³/mol. The first kappa shape index (κ1) is 29.0. The van der Waals surface area contributed by atoms with Crippen molar-refractivity contribution >= 4 is 45.9 Å². The number of halogens is 1. The quantitative estimate of drug-likeness (QED) is 0.140. The molecule has 5 aromatic rings. The minimum Gasteiger partial charge on any atom is -0.339 e. The zero-order valence-electron chi connectivity index (χ0n) is 23.9. The molecule has 1 aliphatic heterocycles. The molecule has 9 heteroatoms. The third kappa shape index (κ3) is 6.45. The number of nitrogens with zero attached hydrogens (tertiary/aromatic N) is 5. The highest BCUT2D eigenvalue weighted by molar-refractivity contribution is 7.99. The van der Waals surface area contributed by atoms with Gasteiger partial charge in [0.25, 0.3) is 5.91 Å². The highest BCUT2D eigenvalue weighted by Gasteiger charge is 2.30. The first-order chi connectivity index (χ1) is 21.0. The van der Waals surface area contributed by atoms with E-state index in [9.17, 15) is 9.59 Å². The second-order valence-corrected chi connectivity index (χ2v) is 12.2. The van der Waals surface area contributed by atoms with Gasteiger partial charge < -0.3 is 9.80 Å². The summed E-state index contributed by atoms with van der Waals surface area (Å²) in [6, 6.07) is 31.4. The van der Waals surface area contributed by atoms with Gasteiger partial charge in [-0.1, -0.05) is 71.9 Å². The molecule has 0 bridgehead atoms. The zero-order valence-corrected chi connectivity index (χ0v) is 25.5. The number of hydrogen-bond donors (Lipinski definition) is 0. The Labute approximate surface area is 260 Å². The van der Waals surface area contributed by atoms with Crippen molar-refractivity contribution in [3.63, 3.8) is 0 Å². The average molecular weight is 610 g/mol. The van der Waals surface area contributed by atoms with Crippen LogP contribution in [0.4, 0.5) is 0 Å². The van der Waals surface area contributed by atoms with Crippen LogP contribution in [0.15, 0.2) is 102 Å². The number of aromatic nitrogens is 3. The van der Waals surface area contributed by atoms with Crippen molar-refractivity contribution in [2.45, 2.75) is 31.0 Å². The molecule has 0 aliphatic carbocycles. The molecule has 43 heavy (non-hydrogen) atoms. The van der Waals surface area contributed by atoms with Crippen LogP contribution in [0, 0.1) is 0 Å². The van der Waals surface area contributed by atoms with E-state index in [1.54, 1.807) is 11.8 Å². The monoisotopic (exact) mass is 609 g/mol. The Morgan fingerprint density at radius 1 is 0.884 bits per heavy atom. The molecule has 0 radical (unpaired) electrons. The summed E-state index contributed by atoms with van der Waals surface area (Å²) >= 11 is 7.70. The average Bonchev–Trinajstić information content (AvgIpc) is 3.47. The van der Waals surface area contributed by atoms with Crippen LogP contribution in [0.1, 0.15) is 30.1 Å². The van der Waals surface area contributed by atoms with Crippen molar-refractivity contribution < 1.29 is 9.59 Å². The standard InChI is InChI=1S/C34H32ClN5O2S/c1-24-23-38(19-20-39(24)33(42)28-14-13-25-8-5-6-9-27(25)22-28)31(41)12-7-21-43-34-37-36-32(26-15-17-29(35)18-16-26)40(34)30-10-3-2-4-11-30/h2-6,8-11,13-18,22,24H,7,12,19-21,23H2,1H3. The Hall–Kier alpha value is -4.14. The molecule has 1 fully saturated rings. The first-order valence-corrected chi connectivity index (χ1v) is 15.8. The topological polar surface area (TPSA) is 71.3 Å². The van der Waals surface area contributed by atoms with Crippen molar-refractivity contribution in [1.29, 1.82) is 0 Å². The number of thioether (sulfide) groups is 1. The van der Waals surface area contributed by atoms with Gasteiger partial charge in [-0.25, -0.2) is 0 Å². The summed E-state index contributed by atoms with van der Waals surface area (Å²) in [4.78, 5) is 30.2. The van der Waals surface area contributed by atoms with Crippen molar-refractivity contribution in [1.82, 2.24) is 24.6 Å². The smallest absolute Gasteiger partial charge is 0.254 e. The van der Waals surface area contributed by atoms with Crippen LogP contribution < -0.4 is 0 Å². The molecular formula is C34H32ClN5O2S. The normalized spacial score (nSPS) is 15.2. The Balaban J connectivity index is 1.04. The number of rotatable bonds is 8. The lowest BCUT2D eigenvalue weighted by Crippen LogP contribution is -2.55. The lowest BCUT2D eigenvalue weighted by atomic mass is 10.0. The second-order valence-electron chi connectivity index (χ2n) is 10.7. The fourth-order valence-electron chi connectivity index (χ4n) is 5.48. The molecule has 0 spiro atoms. The van der Waals surface area contributed by atoms with E-state index in [4.69, 9.17) is 11.6 Å². The van der Waals surface area contributed by atoms with E-state index < -0.39 is 0 Å². The number of hydrogen-bond acceptors (Lipinski definition) is 5. The molecule has 1 unspecified atom stereocenters. The molecule has 0 saturated carbocycles. The maximum atomic E-state index is 13.3. The molecule has 218 valence electrons. The van der Waals surface area contributed by atoms with Crippen LogP contribution in [0.2, 0.25) is 5.02 Å². The summed E-state index contributed by atoms with van der Waals surface area (Å²) < 4.78 is 2.04. The predicted octanol–water partition coefficient (Wildman–Crippen LogP) is 6.99. The van der Waals surface area contributed by atoms with Crippen LogP contribution in [0.5, 0.6) is 0 Å². The third-order valence-electron chi connectivity index (χ3n) is 7.75. The number of carbonyl (C=O) groups excluding carboxylic acids is 2. The molecule has 4 aromatic carbocycles. The summed E-state index contributed by atoms with van der Waals surface area (Å²) in [5.74, 6) is 1.61. The number of piperazine rings is 1. The summed E-state index contributed by atoms with van der Waals surface area (Å²) in [5.41, 5.74) is 2.58. The van der Waals surface area contributed by atoms with Gasteiger partial charge in [0, 0.05) is 59.7 Å². The molecule has 1 aromatic heterocycles. The van der Waals surface area contributed by atoms with Gasteiger partial charge >= 0.3 is 0 Å². The van der Waals surface area contributed by atoms with E-state index in [2.05, 4.69) is 10.2 Å². The van der Waals surface area contributed by atoms with Gasteiger partial charge in [-0.05, 0) is 72.6 Å². The molecule has 7 nitrogen and oxygen atoms in total. The van der Waals surface area contributed by atoms with Crippen LogP contribution >= 0.6 is 23.4 Å². The third-order valence-corrected chi connectivity index (χ3v) is 9.02. The van der Waals surface area contributed by atoms with Gasteiger partial charge in [0.2, 0.25) is 5.91 Å². The van der Waals surface area contributed by atoms with Crippen molar-refractivity contribution in [2.75, 3.05) is 25.4 Å². The van der Waals surface area contributed by atoms with Gasteiger partial charge in [0.15, 0.2) is 11.0 Å². The largest absolute Gasteiger partial charge is 0.339 e. The van der Waals surface area contributed by atoms with Gasteiger partial charge in [-0.2, -0.15) is 0 Å². The van der Waals surface area contributed by atoms with E-state index in [0.29, 0.717) is 43.1 Å². The van der Waals surface area contributed by atoms with Crippen LogP contribution in [-0.4, -0.2) is 67.8 Å². The van der Waals surface area contributed by atoms with Gasteiger partial charge in [-0.15, -0.1) is 10.2 Å². The minimum atomic E-state index is -0.0539. The van der Waals surface area contributed by atoms with Crippen molar-refractivity contribution in [3.8, 4) is 17.1 Å². The molecule has 6 rings (SSSR count). The van der Waals surface area contributed by atoms with Crippen LogP contribution in [0.3, 0.4) is 0 Å². The van der Waals surface area contributed by atoms with E-state index >= 15 is 0 Å². The molecule has 0 N–H and O–H groups in total. The Morgan fingerprint density at radius 2 is 1.63 bits per heavy atom. The maximum Gasteiger partial charge on any atom is 0.254 e. The molecule has 1 atom stereocenters. The van der Waals surface area contributed by atoms with E-state index in [1.807, 2.05) is 118 Å². The van der Waals surface area contributed by atoms with E-state index in [1.165, 1.54) is 0 Å². The molecule has 2 heterocycles. The number of benzene rings is 4. The summed E-state index contributed by atoms with van der Waals surface area (Å²) in [6.07, 6.45) is 1.16. The molecular weight excluding hydrogens is 578 g/mol. The maximum absolute atomic E-state index is 13.3.